The highest BCUT2D eigenvalue weighted by Crippen LogP contribution is 2.43. The number of nitrogens with one attached hydrogen (secondary N) is 1. The number of hydrogen-bond acceptors (Lipinski definition) is 6. The second-order valence-corrected chi connectivity index (χ2v) is 23.4. The minimum absolute atomic E-state index is 0.0312. The van der Waals surface area contributed by atoms with E-state index in [1.807, 2.05) is 33.3 Å². The summed E-state index contributed by atoms with van der Waals surface area (Å²) in [5.74, 6) is -0.535. The van der Waals surface area contributed by atoms with Gasteiger partial charge in [0.1, 0.15) is 19.3 Å². The molecule has 0 fully saturated rings. The Kier molecular flexibility index (Phi) is 53.0. The van der Waals surface area contributed by atoms with E-state index >= 15 is 0 Å². The normalized spacial score (nSPS) is 14.4. The number of rotatable bonds is 55. The molecule has 0 spiro atoms. The molecule has 0 rings (SSSR count). The lowest BCUT2D eigenvalue weighted by Gasteiger charge is -2.27. The van der Waals surface area contributed by atoms with Crippen LogP contribution in [0.4, 0.5) is 0 Å². The van der Waals surface area contributed by atoms with Crippen LogP contribution >= 0.6 is 7.82 Å². The van der Waals surface area contributed by atoms with Crippen molar-refractivity contribution >= 4 is 19.7 Å². The highest BCUT2D eigenvalue weighted by Gasteiger charge is 2.30. The molecule has 9 nitrogen and oxygen atoms in total. The highest BCUT2D eigenvalue weighted by atomic mass is 31.2. The molecular formula is C66H118N2O7P+. The molecule has 10 heteroatoms. The van der Waals surface area contributed by atoms with Crippen LogP contribution in [0.5, 0.6) is 0 Å². The van der Waals surface area contributed by atoms with E-state index in [-0.39, 0.29) is 31.5 Å². The fourth-order valence-corrected chi connectivity index (χ4v) is 9.25. The van der Waals surface area contributed by atoms with E-state index in [2.05, 4.69) is 111 Å². The number of hydrogen-bond donors (Lipinski definition) is 2. The first-order valence-corrected chi connectivity index (χ1v) is 32.6. The van der Waals surface area contributed by atoms with Gasteiger partial charge in [-0.15, -0.1) is 0 Å². The summed E-state index contributed by atoms with van der Waals surface area (Å²) in [4.78, 5) is 37.7. The number of carbonyl (C=O) groups excluding carboxylic acids is 2. The SMILES string of the molecule is CC/C=C/C=C/C=C/CCCCCCCCCC(=O)NC(COP(=O)(O)OCC[N+](C)(C)C)C(/C=C\CCCCCCCCCCCC)OC(=O)CCCCCCCCC/C=C\C/C=C\C/C=C\C/C=C\CCCCC. The summed E-state index contributed by atoms with van der Waals surface area (Å²) < 4.78 is 30.7. The van der Waals surface area contributed by atoms with Crippen LogP contribution in [0, 0.1) is 0 Å². The minimum atomic E-state index is -4.46. The molecule has 1 amide bonds. The molecule has 76 heavy (non-hydrogen) atoms. The molecule has 438 valence electrons. The van der Waals surface area contributed by atoms with Gasteiger partial charge < -0.3 is 19.4 Å². The largest absolute Gasteiger partial charge is 0.472 e. The zero-order valence-corrected chi connectivity index (χ0v) is 50.9. The molecule has 0 radical (unpaired) electrons. The number of unbranched alkanes of at least 4 members (excludes halogenated alkanes) is 27. The number of amides is 1. The number of carbonyl (C=O) groups is 2. The lowest BCUT2D eigenvalue weighted by atomic mass is 10.0. The fourth-order valence-electron chi connectivity index (χ4n) is 8.51. The quantitative estimate of drug-likeness (QED) is 0.0156. The van der Waals surface area contributed by atoms with Gasteiger partial charge in [0.2, 0.25) is 5.91 Å². The molecular weight excluding hydrogens is 964 g/mol. The number of ether oxygens (including phenoxy) is 1. The van der Waals surface area contributed by atoms with Crippen LogP contribution in [0.1, 0.15) is 258 Å². The summed E-state index contributed by atoms with van der Waals surface area (Å²) in [6.45, 7) is 6.83. The van der Waals surface area contributed by atoms with Gasteiger partial charge in [0, 0.05) is 12.8 Å². The van der Waals surface area contributed by atoms with Crippen LogP contribution in [-0.2, 0) is 27.9 Å². The molecule has 0 saturated carbocycles. The van der Waals surface area contributed by atoms with Gasteiger partial charge in [0.05, 0.1) is 33.8 Å². The van der Waals surface area contributed by atoms with Gasteiger partial charge in [-0.1, -0.05) is 247 Å². The van der Waals surface area contributed by atoms with Crippen LogP contribution in [0.2, 0.25) is 0 Å². The lowest BCUT2D eigenvalue weighted by molar-refractivity contribution is -0.870. The Bertz CT molecular complexity index is 1620. The van der Waals surface area contributed by atoms with Crippen LogP contribution in [0.15, 0.2) is 97.2 Å². The Morgan fingerprint density at radius 2 is 0.895 bits per heavy atom. The van der Waals surface area contributed by atoms with Gasteiger partial charge in [-0.2, -0.15) is 0 Å². The molecule has 3 unspecified atom stereocenters. The summed E-state index contributed by atoms with van der Waals surface area (Å²) in [6, 6.07) is -0.864. The van der Waals surface area contributed by atoms with Crippen molar-refractivity contribution in [2.24, 2.45) is 0 Å². The van der Waals surface area contributed by atoms with Gasteiger partial charge in [-0.25, -0.2) is 4.57 Å². The number of quaternary nitrogens is 1. The third-order valence-electron chi connectivity index (χ3n) is 13.3. The van der Waals surface area contributed by atoms with Crippen molar-refractivity contribution in [3.8, 4) is 0 Å². The maximum absolute atomic E-state index is 13.5. The Labute approximate surface area is 468 Å². The van der Waals surface area contributed by atoms with E-state index < -0.39 is 20.0 Å². The minimum Gasteiger partial charge on any atom is -0.456 e. The van der Waals surface area contributed by atoms with Crippen molar-refractivity contribution in [1.82, 2.24) is 5.32 Å². The Balaban J connectivity index is 5.25. The van der Waals surface area contributed by atoms with E-state index in [1.54, 1.807) is 0 Å². The standard InChI is InChI=1S/C66H117N2O7P/c1-7-10-13-16-19-22-25-28-30-31-32-33-34-35-36-37-39-41-44-47-50-53-56-59-66(70)75-64(57-54-51-48-45-42-27-24-21-18-15-12-9-3)63(62-74-76(71,72)73-61-60-68(4,5)6)67-65(69)58-55-52-49-46-43-40-38-29-26-23-20-17-14-11-8-2/h11,14,17,19-20,22-23,26,28,30,32-33,35-36,54,57,63-64H,7-10,12-13,15-16,18,21,24-25,27,29,31,34,37-53,55-56,58-62H2,1-6H3,(H-,67,69,71,72)/p+1/b14-11+,20-17+,22-19-,26-23+,30-28-,33-32-,36-35-,57-54-. The van der Waals surface area contributed by atoms with Gasteiger partial charge in [0.25, 0.3) is 0 Å². The molecule has 0 aromatic carbocycles. The first kappa shape index (κ1) is 72.9. The van der Waals surface area contributed by atoms with E-state index in [0.29, 0.717) is 17.4 Å². The zero-order chi connectivity index (χ0) is 55.7. The summed E-state index contributed by atoms with van der Waals surface area (Å²) >= 11 is 0. The van der Waals surface area contributed by atoms with Crippen molar-refractivity contribution in [2.45, 2.75) is 270 Å². The van der Waals surface area contributed by atoms with E-state index in [4.69, 9.17) is 13.8 Å². The van der Waals surface area contributed by atoms with Gasteiger partial charge >= 0.3 is 13.8 Å². The van der Waals surface area contributed by atoms with Crippen LogP contribution in [0.3, 0.4) is 0 Å². The lowest BCUT2D eigenvalue weighted by Crippen LogP contribution is -2.47. The average molecular weight is 1080 g/mol. The van der Waals surface area contributed by atoms with E-state index in [0.717, 1.165) is 109 Å². The molecule has 0 aromatic rings. The third kappa shape index (κ3) is 55.7. The van der Waals surface area contributed by atoms with Crippen molar-refractivity contribution in [3.63, 3.8) is 0 Å². The predicted octanol–water partition coefficient (Wildman–Crippen LogP) is 19.2. The first-order chi connectivity index (χ1) is 36.9. The van der Waals surface area contributed by atoms with Crippen LogP contribution in [0.25, 0.3) is 0 Å². The average Bonchev–Trinajstić information content (AvgIpc) is 3.38. The number of likely N-dealkylation sites (N-methyl/N-ethyl adjacent to an activating group) is 1. The Morgan fingerprint density at radius 3 is 1.39 bits per heavy atom. The van der Waals surface area contributed by atoms with Crippen molar-refractivity contribution in [2.75, 3.05) is 40.9 Å². The Hall–Kier alpha value is -3.07. The van der Waals surface area contributed by atoms with Crippen molar-refractivity contribution in [3.05, 3.63) is 97.2 Å². The number of allylic oxidation sites excluding steroid dienone is 15. The maximum atomic E-state index is 13.5. The number of phosphoric ester groups is 1. The summed E-state index contributed by atoms with van der Waals surface area (Å²) in [7, 11) is 1.47. The van der Waals surface area contributed by atoms with Crippen molar-refractivity contribution in [1.29, 1.82) is 0 Å². The molecule has 0 aliphatic carbocycles. The molecule has 0 bridgehead atoms. The number of phosphoric acid groups is 1. The van der Waals surface area contributed by atoms with Gasteiger partial charge in [0.15, 0.2) is 0 Å². The molecule has 2 N–H and O–H groups in total. The second-order valence-electron chi connectivity index (χ2n) is 21.9. The molecule has 0 aliphatic rings. The van der Waals surface area contributed by atoms with Gasteiger partial charge in [-0.3, -0.25) is 18.6 Å². The van der Waals surface area contributed by atoms with Gasteiger partial charge in [-0.05, 0) is 96.0 Å². The molecule has 0 saturated heterocycles. The molecule has 0 aromatic heterocycles. The topological polar surface area (TPSA) is 111 Å². The predicted molar refractivity (Wildman–Crippen MR) is 327 cm³/mol. The molecule has 0 heterocycles. The smallest absolute Gasteiger partial charge is 0.456 e. The van der Waals surface area contributed by atoms with Crippen LogP contribution in [-0.4, -0.2) is 74.3 Å². The van der Waals surface area contributed by atoms with E-state index in [1.165, 1.54) is 116 Å². The summed E-state index contributed by atoms with van der Waals surface area (Å²) in [6.07, 6.45) is 74.0. The summed E-state index contributed by atoms with van der Waals surface area (Å²) in [5, 5.41) is 3.04. The molecule has 3 atom stereocenters. The zero-order valence-electron chi connectivity index (χ0n) is 50.0. The fraction of sp³-hybridized carbons (Fsp3) is 0.727. The first-order valence-electron chi connectivity index (χ1n) is 31.1. The Morgan fingerprint density at radius 1 is 0.487 bits per heavy atom. The summed E-state index contributed by atoms with van der Waals surface area (Å²) in [5.41, 5.74) is 0. The number of esters is 1. The van der Waals surface area contributed by atoms with E-state index in [9.17, 15) is 19.0 Å². The third-order valence-corrected chi connectivity index (χ3v) is 14.3. The molecule has 0 aliphatic heterocycles. The van der Waals surface area contributed by atoms with Crippen molar-refractivity contribution < 1.29 is 37.3 Å². The van der Waals surface area contributed by atoms with Crippen LogP contribution < -0.4 is 5.32 Å². The second kappa shape index (κ2) is 55.3. The highest BCUT2D eigenvalue weighted by molar-refractivity contribution is 7.47. The number of nitrogens with zero attached hydrogens (tertiary/aromatic N) is 1. The maximum Gasteiger partial charge on any atom is 0.472 e. The monoisotopic (exact) mass is 1080 g/mol.